The monoisotopic (exact) mass is 354 g/mol. The summed E-state index contributed by atoms with van der Waals surface area (Å²) in [7, 11) is 0. The Bertz CT molecular complexity index is 722. The highest BCUT2D eigenvalue weighted by Gasteiger charge is 2.15. The standard InChI is InChI=1S/C14H9BrF2N2O2/c15-10-5-14-13(20-7-21-14)3-8(10)6-18-19-12-2-1-9(16)4-11(12)17/h1-6,19H,7H2/b18-6-. The molecule has 0 unspecified atom stereocenters. The predicted molar refractivity (Wildman–Crippen MR) is 77.8 cm³/mol. The number of nitrogens with one attached hydrogen (secondary N) is 1. The number of rotatable bonds is 3. The third-order valence-corrected chi connectivity index (χ3v) is 3.50. The maximum absolute atomic E-state index is 13.4. The lowest BCUT2D eigenvalue weighted by atomic mass is 10.2. The Hall–Kier alpha value is -2.15. The van der Waals surface area contributed by atoms with Crippen LogP contribution in [0.4, 0.5) is 14.5 Å². The SMILES string of the molecule is Fc1ccc(N/N=C\c2cc3c(cc2Br)OCO3)c(F)c1. The molecule has 0 radical (unpaired) electrons. The average molecular weight is 355 g/mol. The molecule has 0 aliphatic carbocycles. The zero-order chi connectivity index (χ0) is 14.8. The van der Waals surface area contributed by atoms with Gasteiger partial charge < -0.3 is 9.47 Å². The van der Waals surface area contributed by atoms with Gasteiger partial charge in [-0.1, -0.05) is 0 Å². The minimum absolute atomic E-state index is 0.0875. The number of halogens is 3. The van der Waals surface area contributed by atoms with Gasteiger partial charge in [0.25, 0.3) is 0 Å². The van der Waals surface area contributed by atoms with Crippen molar-refractivity contribution in [2.24, 2.45) is 5.10 Å². The smallest absolute Gasteiger partial charge is 0.231 e. The molecule has 7 heteroatoms. The molecule has 0 aromatic heterocycles. The van der Waals surface area contributed by atoms with Crippen molar-refractivity contribution in [3.63, 3.8) is 0 Å². The summed E-state index contributed by atoms with van der Waals surface area (Å²) in [5, 5.41) is 3.92. The van der Waals surface area contributed by atoms with Gasteiger partial charge in [-0.25, -0.2) is 8.78 Å². The van der Waals surface area contributed by atoms with E-state index in [1.807, 2.05) is 0 Å². The van der Waals surface area contributed by atoms with Gasteiger partial charge >= 0.3 is 0 Å². The molecule has 0 fully saturated rings. The lowest BCUT2D eigenvalue weighted by molar-refractivity contribution is 0.174. The number of benzene rings is 2. The molecule has 2 aromatic carbocycles. The third kappa shape index (κ3) is 2.97. The van der Waals surface area contributed by atoms with E-state index in [1.165, 1.54) is 12.3 Å². The van der Waals surface area contributed by atoms with Crippen LogP contribution < -0.4 is 14.9 Å². The van der Waals surface area contributed by atoms with Crippen molar-refractivity contribution in [3.05, 3.63) is 52.0 Å². The van der Waals surface area contributed by atoms with Crippen molar-refractivity contribution in [1.29, 1.82) is 0 Å². The highest BCUT2D eigenvalue weighted by Crippen LogP contribution is 2.36. The molecule has 0 bridgehead atoms. The number of hydrazone groups is 1. The molecule has 1 aliphatic heterocycles. The van der Waals surface area contributed by atoms with Crippen molar-refractivity contribution in [2.45, 2.75) is 0 Å². The molecular weight excluding hydrogens is 346 g/mol. The van der Waals surface area contributed by atoms with E-state index >= 15 is 0 Å². The molecule has 0 amide bonds. The minimum atomic E-state index is -0.711. The first-order chi connectivity index (χ1) is 10.1. The van der Waals surface area contributed by atoms with Crippen LogP contribution in [0.2, 0.25) is 0 Å². The highest BCUT2D eigenvalue weighted by molar-refractivity contribution is 9.10. The fraction of sp³-hybridized carbons (Fsp3) is 0.0714. The number of ether oxygens (including phenoxy) is 2. The molecule has 4 nitrogen and oxygen atoms in total. The predicted octanol–water partition coefficient (Wildman–Crippen LogP) is 3.90. The van der Waals surface area contributed by atoms with E-state index in [2.05, 4.69) is 26.5 Å². The molecule has 1 aliphatic rings. The van der Waals surface area contributed by atoms with Crippen LogP contribution in [-0.4, -0.2) is 13.0 Å². The number of hydrogen-bond acceptors (Lipinski definition) is 4. The summed E-state index contributed by atoms with van der Waals surface area (Å²) < 4.78 is 37.5. The zero-order valence-corrected chi connectivity index (χ0v) is 12.2. The first kappa shape index (κ1) is 13.8. The Morgan fingerprint density at radius 1 is 1.14 bits per heavy atom. The summed E-state index contributed by atoms with van der Waals surface area (Å²) in [4.78, 5) is 0. The maximum Gasteiger partial charge on any atom is 0.231 e. The molecule has 0 saturated heterocycles. The Labute approximate surface area is 127 Å². The van der Waals surface area contributed by atoms with Crippen LogP contribution in [0.5, 0.6) is 11.5 Å². The van der Waals surface area contributed by atoms with Crippen LogP contribution in [-0.2, 0) is 0 Å². The Kier molecular flexibility index (Phi) is 3.74. The van der Waals surface area contributed by atoms with E-state index < -0.39 is 11.6 Å². The second-order valence-corrected chi connectivity index (χ2v) is 5.08. The summed E-state index contributed by atoms with van der Waals surface area (Å²) in [6.07, 6.45) is 1.49. The minimum Gasteiger partial charge on any atom is -0.454 e. The van der Waals surface area contributed by atoms with Crippen molar-refractivity contribution >= 4 is 27.8 Å². The van der Waals surface area contributed by atoms with Gasteiger partial charge in [-0.05, 0) is 40.2 Å². The zero-order valence-electron chi connectivity index (χ0n) is 10.6. The van der Waals surface area contributed by atoms with Crippen molar-refractivity contribution in [1.82, 2.24) is 0 Å². The molecule has 3 rings (SSSR count). The van der Waals surface area contributed by atoms with Crippen LogP contribution in [0.1, 0.15) is 5.56 Å². The third-order valence-electron chi connectivity index (χ3n) is 2.81. The Morgan fingerprint density at radius 3 is 2.67 bits per heavy atom. The highest BCUT2D eigenvalue weighted by atomic mass is 79.9. The summed E-state index contributed by atoms with van der Waals surface area (Å²) in [6.45, 7) is 0.182. The van der Waals surface area contributed by atoms with E-state index in [0.717, 1.165) is 22.2 Å². The summed E-state index contributed by atoms with van der Waals surface area (Å²) in [5.41, 5.74) is 3.34. The molecule has 108 valence electrons. The van der Waals surface area contributed by atoms with Crippen LogP contribution in [0.3, 0.4) is 0 Å². The van der Waals surface area contributed by atoms with Crippen LogP contribution >= 0.6 is 15.9 Å². The largest absolute Gasteiger partial charge is 0.454 e. The lowest BCUT2D eigenvalue weighted by Crippen LogP contribution is -1.95. The van der Waals surface area contributed by atoms with Crippen molar-refractivity contribution in [3.8, 4) is 11.5 Å². The van der Waals surface area contributed by atoms with Crippen LogP contribution in [0.15, 0.2) is 39.9 Å². The Balaban J connectivity index is 1.77. The topological polar surface area (TPSA) is 42.9 Å². The first-order valence-electron chi connectivity index (χ1n) is 5.97. The Morgan fingerprint density at radius 2 is 1.90 bits per heavy atom. The fourth-order valence-electron chi connectivity index (χ4n) is 1.78. The van der Waals surface area contributed by atoms with Gasteiger partial charge in [-0.2, -0.15) is 5.10 Å². The summed E-state index contributed by atoms with van der Waals surface area (Å²) in [5.74, 6) is -0.0818. The van der Waals surface area contributed by atoms with Crippen LogP contribution in [0, 0.1) is 11.6 Å². The van der Waals surface area contributed by atoms with Gasteiger partial charge in [0, 0.05) is 16.1 Å². The molecule has 0 saturated carbocycles. The van der Waals surface area contributed by atoms with Crippen molar-refractivity contribution < 1.29 is 18.3 Å². The number of fused-ring (bicyclic) bond motifs is 1. The molecule has 1 heterocycles. The van der Waals surface area contributed by atoms with Gasteiger partial charge in [0.2, 0.25) is 6.79 Å². The van der Waals surface area contributed by atoms with Crippen molar-refractivity contribution in [2.75, 3.05) is 12.2 Å². The van der Waals surface area contributed by atoms with E-state index in [-0.39, 0.29) is 12.5 Å². The molecule has 21 heavy (non-hydrogen) atoms. The fourth-order valence-corrected chi connectivity index (χ4v) is 2.21. The molecular formula is C14H9BrF2N2O2. The number of anilines is 1. The van der Waals surface area contributed by atoms with Gasteiger partial charge in [0.1, 0.15) is 5.82 Å². The van der Waals surface area contributed by atoms with Gasteiger partial charge in [-0.15, -0.1) is 0 Å². The number of nitrogens with zero attached hydrogens (tertiary/aromatic N) is 1. The van der Waals surface area contributed by atoms with E-state index in [9.17, 15) is 8.78 Å². The maximum atomic E-state index is 13.4. The van der Waals surface area contributed by atoms with Gasteiger partial charge in [0.05, 0.1) is 11.9 Å². The van der Waals surface area contributed by atoms with Crippen LogP contribution in [0.25, 0.3) is 0 Å². The molecule has 0 atom stereocenters. The summed E-state index contributed by atoms with van der Waals surface area (Å²) >= 11 is 3.38. The second-order valence-electron chi connectivity index (χ2n) is 4.22. The molecule has 2 aromatic rings. The normalized spacial score (nSPS) is 12.9. The second kappa shape index (κ2) is 5.69. The van der Waals surface area contributed by atoms with Gasteiger partial charge in [0.15, 0.2) is 17.3 Å². The van der Waals surface area contributed by atoms with Gasteiger partial charge in [-0.3, -0.25) is 5.43 Å². The van der Waals surface area contributed by atoms with E-state index in [0.29, 0.717) is 11.5 Å². The molecule has 0 spiro atoms. The first-order valence-corrected chi connectivity index (χ1v) is 6.76. The van der Waals surface area contributed by atoms with E-state index in [4.69, 9.17) is 9.47 Å². The lowest BCUT2D eigenvalue weighted by Gasteiger charge is -2.03. The summed E-state index contributed by atoms with van der Waals surface area (Å²) in [6, 6.07) is 6.73. The number of hydrogen-bond donors (Lipinski definition) is 1. The quantitative estimate of drug-likeness (QED) is 0.671. The molecule has 1 N–H and O–H groups in total. The average Bonchev–Trinajstić information content (AvgIpc) is 2.88. The van der Waals surface area contributed by atoms with E-state index in [1.54, 1.807) is 12.1 Å².